The number of carbonyl (C=O) groups excluding carboxylic acids is 1. The molecule has 9 rings (SSSR count). The Hall–Kier alpha value is -4.94. The number of phenolic OH excluding ortho intramolecular Hbond substituents is 1. The number of carboxylic acid groups (broad SMARTS) is 1. The first kappa shape index (κ1) is 36.7. The number of carboxylic acids is 1. The van der Waals surface area contributed by atoms with Crippen molar-refractivity contribution >= 4 is 35.1 Å². The van der Waals surface area contributed by atoms with Gasteiger partial charge in [-0.15, -0.1) is 11.8 Å². The van der Waals surface area contributed by atoms with Crippen molar-refractivity contribution in [1.82, 2.24) is 20.1 Å². The fourth-order valence-electron chi connectivity index (χ4n) is 10.6. The van der Waals surface area contributed by atoms with Crippen LogP contribution in [-0.2, 0) is 32.7 Å². The van der Waals surface area contributed by atoms with Gasteiger partial charge in [-0.1, -0.05) is 24.3 Å². The molecule has 3 aromatic carbocycles. The zero-order chi connectivity index (χ0) is 39.4. The number of aromatic nitrogens is 1. The largest absolute Gasteiger partial charge is 0.504 e. The average Bonchev–Trinajstić information content (AvgIpc) is 3.82. The summed E-state index contributed by atoms with van der Waals surface area (Å²) in [5, 5.41) is 37.8. The van der Waals surface area contributed by atoms with Gasteiger partial charge in [0.2, 0.25) is 6.79 Å². The Bertz CT molecular complexity index is 2360. The van der Waals surface area contributed by atoms with E-state index in [1.165, 1.54) is 0 Å². The number of hydrogen-bond acceptors (Lipinski definition) is 12. The third-order valence-electron chi connectivity index (χ3n) is 13.1. The van der Waals surface area contributed by atoms with Crippen molar-refractivity contribution in [2.24, 2.45) is 0 Å². The van der Waals surface area contributed by atoms with Crippen molar-refractivity contribution in [3.63, 3.8) is 0 Å². The van der Waals surface area contributed by atoms with Gasteiger partial charge < -0.3 is 34.1 Å². The third-order valence-corrected chi connectivity index (χ3v) is 14.7. The second-order valence-corrected chi connectivity index (χ2v) is 17.1. The molecule has 1 saturated heterocycles. The number of aromatic hydroxyl groups is 1. The number of ether oxygens (including phenoxy) is 4. The zero-order valence-electron chi connectivity index (χ0n) is 32.1. The summed E-state index contributed by atoms with van der Waals surface area (Å²) >= 11 is 1.69. The highest BCUT2D eigenvalue weighted by molar-refractivity contribution is 7.99. The van der Waals surface area contributed by atoms with Crippen LogP contribution in [0.5, 0.6) is 23.0 Å². The number of nitrogens with zero attached hydrogens (tertiary/aromatic N) is 3. The van der Waals surface area contributed by atoms with Crippen molar-refractivity contribution in [1.29, 1.82) is 5.26 Å². The number of hydrogen-bond donors (Lipinski definition) is 4. The second kappa shape index (κ2) is 13.3. The second-order valence-electron chi connectivity index (χ2n) is 16.0. The number of rotatable bonds is 8. The molecule has 56 heavy (non-hydrogen) atoms. The summed E-state index contributed by atoms with van der Waals surface area (Å²) < 4.78 is 23.7. The van der Waals surface area contributed by atoms with E-state index in [0.29, 0.717) is 42.3 Å². The van der Waals surface area contributed by atoms with Crippen LogP contribution in [-0.4, -0.2) is 94.9 Å². The van der Waals surface area contributed by atoms with Gasteiger partial charge in [0.15, 0.2) is 23.0 Å². The first-order valence-electron chi connectivity index (χ1n) is 18.9. The molecule has 1 aromatic heterocycles. The molecule has 2 bridgehead atoms. The number of aromatic amines is 1. The van der Waals surface area contributed by atoms with Gasteiger partial charge in [-0.05, 0) is 80.6 Å². The molecule has 0 radical (unpaired) electrons. The van der Waals surface area contributed by atoms with Crippen molar-refractivity contribution in [2.75, 3.05) is 33.3 Å². The maximum atomic E-state index is 12.7. The number of benzene rings is 3. The summed E-state index contributed by atoms with van der Waals surface area (Å²) in [7, 11) is 3.58. The van der Waals surface area contributed by atoms with Crippen LogP contribution < -0.4 is 19.5 Å². The molecule has 13 nitrogen and oxygen atoms in total. The van der Waals surface area contributed by atoms with Crippen LogP contribution >= 0.6 is 11.8 Å². The van der Waals surface area contributed by atoms with Gasteiger partial charge in [-0.2, -0.15) is 5.26 Å². The van der Waals surface area contributed by atoms with Crippen LogP contribution in [0.4, 0.5) is 0 Å². The molecule has 6 heterocycles. The predicted molar refractivity (Wildman–Crippen MR) is 208 cm³/mol. The number of para-hydroxylation sites is 1. The molecule has 1 fully saturated rings. The lowest BCUT2D eigenvalue weighted by Crippen LogP contribution is -2.69. The van der Waals surface area contributed by atoms with E-state index in [0.717, 1.165) is 61.1 Å². The Morgan fingerprint density at radius 2 is 1.91 bits per heavy atom. The Morgan fingerprint density at radius 1 is 1.14 bits per heavy atom. The zero-order valence-corrected chi connectivity index (χ0v) is 33.0. The molecule has 0 saturated carbocycles. The molecule has 5 aliphatic heterocycles. The average molecular weight is 780 g/mol. The van der Waals surface area contributed by atoms with E-state index in [1.54, 1.807) is 18.9 Å². The number of H-pyrrole nitrogens is 1. The highest BCUT2D eigenvalue weighted by Gasteiger charge is 2.60. The number of likely N-dealkylation sites (N-methyl/N-ethyl adjacent to an activating group) is 1. The van der Waals surface area contributed by atoms with E-state index in [9.17, 15) is 25.1 Å². The molecule has 0 aliphatic carbocycles. The lowest BCUT2D eigenvalue weighted by Gasteiger charge is -2.61. The monoisotopic (exact) mass is 779 g/mol. The topological polar surface area (TPSA) is 170 Å². The van der Waals surface area contributed by atoms with E-state index >= 15 is 0 Å². The van der Waals surface area contributed by atoms with Gasteiger partial charge in [-0.3, -0.25) is 24.7 Å². The molecular formula is C42H45N5O8S. The Labute approximate surface area is 328 Å². The number of aliphatic carboxylic acids is 1. The number of piperazine rings is 1. The van der Waals surface area contributed by atoms with E-state index in [4.69, 9.17) is 18.9 Å². The summed E-state index contributed by atoms with van der Waals surface area (Å²) in [6.45, 7) is 8.50. The highest BCUT2D eigenvalue weighted by atomic mass is 32.2. The van der Waals surface area contributed by atoms with E-state index in [1.807, 2.05) is 45.2 Å². The first-order valence-corrected chi connectivity index (χ1v) is 20.0. The molecule has 0 spiro atoms. The number of phenols is 1. The molecule has 8 atom stereocenters. The van der Waals surface area contributed by atoms with Gasteiger partial charge >= 0.3 is 5.97 Å². The normalized spacial score (nSPS) is 28.8. The smallest absolute Gasteiger partial charge is 0.321 e. The lowest BCUT2D eigenvalue weighted by atomic mass is 9.71. The lowest BCUT2D eigenvalue weighted by molar-refractivity contribution is -0.140. The SMILES string of the molecule is COc1c(C)cc2c(c1O)[C@@H]1[C@@H]3[C@H](SC[C@@]4(C)N[C@H](C(=O)O)Cc5c4[nH]c4ccccc54)c4c(C)c(C)c5c(c4[C@H](COC=O)N3[C@@H](C#N)[C@H](C2)N1C)OCO5. The van der Waals surface area contributed by atoms with Crippen LogP contribution in [0.15, 0.2) is 30.3 Å². The molecule has 4 N–H and O–H groups in total. The van der Waals surface area contributed by atoms with Gasteiger partial charge in [0.1, 0.15) is 18.7 Å². The number of carbonyl (C=O) groups is 2. The Kier molecular flexibility index (Phi) is 8.73. The molecular weight excluding hydrogens is 735 g/mol. The van der Waals surface area contributed by atoms with Gasteiger partial charge in [0.05, 0.1) is 30.8 Å². The van der Waals surface area contributed by atoms with Crippen LogP contribution in [0.2, 0.25) is 0 Å². The van der Waals surface area contributed by atoms with Crippen LogP contribution in [0, 0.1) is 32.1 Å². The summed E-state index contributed by atoms with van der Waals surface area (Å²) in [5.41, 5.74) is 8.34. The van der Waals surface area contributed by atoms with Crippen molar-refractivity contribution in [2.45, 2.75) is 87.6 Å². The van der Waals surface area contributed by atoms with E-state index in [-0.39, 0.29) is 30.4 Å². The molecule has 0 amide bonds. The first-order chi connectivity index (χ1) is 26.9. The number of methoxy groups -OCH3 is 1. The summed E-state index contributed by atoms with van der Waals surface area (Å²) in [6.07, 6.45) is 0.855. The molecule has 0 unspecified atom stereocenters. The number of fused-ring (bicyclic) bond motifs is 12. The predicted octanol–water partition coefficient (Wildman–Crippen LogP) is 5.23. The molecule has 4 aromatic rings. The fourth-order valence-corrected chi connectivity index (χ4v) is 12.3. The Balaban J connectivity index is 1.28. The maximum absolute atomic E-state index is 12.7. The highest BCUT2D eigenvalue weighted by Crippen LogP contribution is 2.62. The number of thioether (sulfide) groups is 1. The van der Waals surface area contributed by atoms with Gasteiger partial charge in [-0.25, -0.2) is 0 Å². The molecule has 14 heteroatoms. The van der Waals surface area contributed by atoms with Crippen LogP contribution in [0.1, 0.15) is 74.5 Å². The molecule has 5 aliphatic rings. The number of nitriles is 1. The number of aryl methyl sites for hydroxylation is 1. The van der Waals surface area contributed by atoms with E-state index < -0.39 is 41.7 Å². The van der Waals surface area contributed by atoms with Crippen LogP contribution in [0.3, 0.4) is 0 Å². The minimum absolute atomic E-state index is 0.0297. The molecule has 292 valence electrons. The van der Waals surface area contributed by atoms with Gasteiger partial charge in [0.25, 0.3) is 6.47 Å². The summed E-state index contributed by atoms with van der Waals surface area (Å²) in [4.78, 5) is 32.7. The van der Waals surface area contributed by atoms with Crippen LogP contribution in [0.25, 0.3) is 10.9 Å². The minimum Gasteiger partial charge on any atom is -0.504 e. The summed E-state index contributed by atoms with van der Waals surface area (Å²) in [5.74, 6) is 1.23. The third kappa shape index (κ3) is 5.10. The van der Waals surface area contributed by atoms with Crippen molar-refractivity contribution in [3.8, 4) is 29.1 Å². The van der Waals surface area contributed by atoms with Gasteiger partial charge in [0, 0.05) is 57.2 Å². The maximum Gasteiger partial charge on any atom is 0.321 e. The standard InChI is InChI=1S/C42H45N5O8S/c1-19-11-22-12-27-28(14-43)47-29(15-53-17-48)32-30(20(2)21(3)37-38(32)55-18-54-37)39(34(47)33(46(27)5)31(22)35(49)36(19)52-6)56-16-42(4)40-24(13-26(45-42)41(50)51)23-9-7-8-10-25(23)44-40/h7-11,17,26-29,33-34,39,44-45,49H,12-13,15-16,18H2,1-6H3,(H,50,51)/t26-,27-,28-,29-,33+,34+,39+,42+/m0/s1. The van der Waals surface area contributed by atoms with E-state index in [2.05, 4.69) is 46.1 Å². The van der Waals surface area contributed by atoms with Crippen molar-refractivity contribution in [3.05, 3.63) is 80.5 Å². The summed E-state index contributed by atoms with van der Waals surface area (Å²) in [6, 6.07) is 9.58. The number of nitrogens with one attached hydrogen (secondary N) is 2. The Morgan fingerprint density at radius 3 is 2.64 bits per heavy atom. The minimum atomic E-state index is -0.918. The fraction of sp³-hybridized carbons (Fsp3) is 0.452. The van der Waals surface area contributed by atoms with Crippen molar-refractivity contribution < 1.29 is 38.7 Å². The quantitative estimate of drug-likeness (QED) is 0.172.